The standard InChI is InChI=1S/C13H19N3O2S/c1-2-9(14)7-13(18)16-10-5-3-4-6-11(10)19-8-12(15)17/h3-6,9H,2,7-8,14H2,1H3,(H2,15,17)(H,16,18). The number of nitrogens with one attached hydrogen (secondary N) is 1. The summed E-state index contributed by atoms with van der Waals surface area (Å²) in [6.45, 7) is 1.94. The summed E-state index contributed by atoms with van der Waals surface area (Å²) in [7, 11) is 0. The number of benzene rings is 1. The molecule has 1 aromatic carbocycles. The molecule has 5 nitrogen and oxygen atoms in total. The lowest BCUT2D eigenvalue weighted by molar-refractivity contribution is -0.117. The Morgan fingerprint density at radius 2 is 2.05 bits per heavy atom. The molecule has 0 heterocycles. The zero-order chi connectivity index (χ0) is 14.3. The van der Waals surface area contributed by atoms with Crippen molar-refractivity contribution in [3.63, 3.8) is 0 Å². The van der Waals surface area contributed by atoms with E-state index in [4.69, 9.17) is 11.5 Å². The normalized spacial score (nSPS) is 11.9. The van der Waals surface area contributed by atoms with Gasteiger partial charge in [0.05, 0.1) is 11.4 Å². The van der Waals surface area contributed by atoms with Crippen LogP contribution in [0.1, 0.15) is 19.8 Å². The monoisotopic (exact) mass is 281 g/mol. The molecule has 0 radical (unpaired) electrons. The van der Waals surface area contributed by atoms with E-state index in [1.165, 1.54) is 11.8 Å². The fraction of sp³-hybridized carbons (Fsp3) is 0.385. The first-order chi connectivity index (χ1) is 9.02. The van der Waals surface area contributed by atoms with E-state index in [1.807, 2.05) is 25.1 Å². The summed E-state index contributed by atoms with van der Waals surface area (Å²) in [5.41, 5.74) is 11.5. The number of hydrogen-bond acceptors (Lipinski definition) is 4. The summed E-state index contributed by atoms with van der Waals surface area (Å²) in [6, 6.07) is 7.16. The van der Waals surface area contributed by atoms with Crippen LogP contribution < -0.4 is 16.8 Å². The average molecular weight is 281 g/mol. The van der Waals surface area contributed by atoms with E-state index in [1.54, 1.807) is 6.07 Å². The van der Waals surface area contributed by atoms with Crippen LogP contribution in [0.2, 0.25) is 0 Å². The molecule has 6 heteroatoms. The van der Waals surface area contributed by atoms with Crippen molar-refractivity contribution in [3.05, 3.63) is 24.3 Å². The second-order valence-corrected chi connectivity index (χ2v) is 5.19. The Morgan fingerprint density at radius 1 is 1.37 bits per heavy atom. The van der Waals surface area contributed by atoms with Crippen molar-refractivity contribution in [2.45, 2.75) is 30.7 Å². The fourth-order valence-corrected chi connectivity index (χ4v) is 2.18. The van der Waals surface area contributed by atoms with Gasteiger partial charge in [-0.15, -0.1) is 11.8 Å². The number of primary amides is 1. The first-order valence-electron chi connectivity index (χ1n) is 6.08. The van der Waals surface area contributed by atoms with Crippen LogP contribution in [0.3, 0.4) is 0 Å². The van der Waals surface area contributed by atoms with E-state index in [9.17, 15) is 9.59 Å². The molecule has 0 aliphatic rings. The van der Waals surface area contributed by atoms with Gasteiger partial charge >= 0.3 is 0 Å². The number of hydrogen-bond donors (Lipinski definition) is 3. The van der Waals surface area contributed by atoms with E-state index < -0.39 is 0 Å². The molecule has 0 spiro atoms. The molecule has 1 atom stereocenters. The van der Waals surface area contributed by atoms with Crippen LogP contribution in [0.4, 0.5) is 5.69 Å². The molecule has 0 aliphatic heterocycles. The third kappa shape index (κ3) is 5.76. The summed E-state index contributed by atoms with van der Waals surface area (Å²) in [5, 5.41) is 2.81. The fourth-order valence-electron chi connectivity index (χ4n) is 1.43. The van der Waals surface area contributed by atoms with Crippen LogP contribution in [0, 0.1) is 0 Å². The summed E-state index contributed by atoms with van der Waals surface area (Å²) in [4.78, 5) is 23.4. The molecule has 0 bridgehead atoms. The van der Waals surface area contributed by atoms with Crippen LogP contribution in [-0.4, -0.2) is 23.6 Å². The Hall–Kier alpha value is -1.53. The molecular formula is C13H19N3O2S. The Kier molecular flexibility index (Phi) is 6.38. The molecule has 0 saturated carbocycles. The maximum atomic E-state index is 11.8. The van der Waals surface area contributed by atoms with Crippen molar-refractivity contribution in [3.8, 4) is 0 Å². The van der Waals surface area contributed by atoms with Crippen molar-refractivity contribution >= 4 is 29.3 Å². The molecule has 1 unspecified atom stereocenters. The second-order valence-electron chi connectivity index (χ2n) is 4.17. The Bertz CT molecular complexity index is 451. The van der Waals surface area contributed by atoms with Crippen LogP contribution in [0.5, 0.6) is 0 Å². The van der Waals surface area contributed by atoms with E-state index in [2.05, 4.69) is 5.32 Å². The lowest BCUT2D eigenvalue weighted by atomic mass is 10.1. The average Bonchev–Trinajstić information content (AvgIpc) is 2.37. The number of amides is 2. The molecule has 5 N–H and O–H groups in total. The van der Waals surface area contributed by atoms with Gasteiger partial charge in [0.15, 0.2) is 0 Å². The minimum Gasteiger partial charge on any atom is -0.369 e. The summed E-state index contributed by atoms with van der Waals surface area (Å²) >= 11 is 1.30. The van der Waals surface area contributed by atoms with Gasteiger partial charge < -0.3 is 16.8 Å². The number of carbonyl (C=O) groups is 2. The van der Waals surface area contributed by atoms with Gasteiger partial charge in [0.2, 0.25) is 11.8 Å². The maximum Gasteiger partial charge on any atom is 0.227 e. The molecule has 19 heavy (non-hydrogen) atoms. The molecular weight excluding hydrogens is 262 g/mol. The van der Waals surface area contributed by atoms with Gasteiger partial charge in [0.25, 0.3) is 0 Å². The Labute approximate surface area is 117 Å². The van der Waals surface area contributed by atoms with Crippen LogP contribution >= 0.6 is 11.8 Å². The largest absolute Gasteiger partial charge is 0.369 e. The molecule has 0 aliphatic carbocycles. The molecule has 2 amide bonds. The smallest absolute Gasteiger partial charge is 0.227 e. The predicted molar refractivity (Wildman–Crippen MR) is 77.9 cm³/mol. The first kappa shape index (κ1) is 15.5. The number of anilines is 1. The minimum atomic E-state index is -0.390. The van der Waals surface area contributed by atoms with Gasteiger partial charge in [0, 0.05) is 17.4 Å². The molecule has 104 valence electrons. The number of rotatable bonds is 7. The van der Waals surface area contributed by atoms with Gasteiger partial charge in [-0.3, -0.25) is 9.59 Å². The van der Waals surface area contributed by atoms with Crippen molar-refractivity contribution in [1.29, 1.82) is 0 Å². The van der Waals surface area contributed by atoms with Gasteiger partial charge in [-0.05, 0) is 18.6 Å². The third-order valence-corrected chi connectivity index (χ3v) is 3.60. The van der Waals surface area contributed by atoms with Crippen molar-refractivity contribution in [2.75, 3.05) is 11.1 Å². The van der Waals surface area contributed by atoms with Crippen molar-refractivity contribution < 1.29 is 9.59 Å². The van der Waals surface area contributed by atoms with Crippen molar-refractivity contribution in [2.24, 2.45) is 11.5 Å². The van der Waals surface area contributed by atoms with Crippen LogP contribution in [0.15, 0.2) is 29.2 Å². The van der Waals surface area contributed by atoms with E-state index in [-0.39, 0.29) is 30.0 Å². The summed E-state index contributed by atoms with van der Waals surface area (Å²) in [6.07, 6.45) is 1.04. The number of carbonyl (C=O) groups excluding carboxylic acids is 2. The summed E-state index contributed by atoms with van der Waals surface area (Å²) in [5.74, 6) is -0.331. The molecule has 0 aromatic heterocycles. The quantitative estimate of drug-likeness (QED) is 0.657. The zero-order valence-electron chi connectivity index (χ0n) is 10.9. The molecule has 1 aromatic rings. The highest BCUT2D eigenvalue weighted by Gasteiger charge is 2.10. The topological polar surface area (TPSA) is 98.2 Å². The highest BCUT2D eigenvalue weighted by Crippen LogP contribution is 2.26. The Balaban J connectivity index is 2.66. The van der Waals surface area contributed by atoms with Gasteiger partial charge in [-0.2, -0.15) is 0 Å². The van der Waals surface area contributed by atoms with E-state index in [0.29, 0.717) is 5.69 Å². The highest BCUT2D eigenvalue weighted by molar-refractivity contribution is 8.00. The van der Waals surface area contributed by atoms with Crippen LogP contribution in [0.25, 0.3) is 0 Å². The highest BCUT2D eigenvalue weighted by atomic mass is 32.2. The second kappa shape index (κ2) is 7.81. The third-order valence-electron chi connectivity index (χ3n) is 2.50. The number of para-hydroxylation sites is 1. The predicted octanol–water partition coefficient (Wildman–Crippen LogP) is 1.33. The number of nitrogens with two attached hydrogens (primary N) is 2. The van der Waals surface area contributed by atoms with Gasteiger partial charge in [-0.1, -0.05) is 19.1 Å². The minimum absolute atomic E-state index is 0.124. The van der Waals surface area contributed by atoms with Crippen molar-refractivity contribution in [1.82, 2.24) is 0 Å². The first-order valence-corrected chi connectivity index (χ1v) is 7.07. The van der Waals surface area contributed by atoms with E-state index >= 15 is 0 Å². The van der Waals surface area contributed by atoms with E-state index in [0.717, 1.165) is 11.3 Å². The van der Waals surface area contributed by atoms with Crippen LogP contribution in [-0.2, 0) is 9.59 Å². The SMILES string of the molecule is CCC(N)CC(=O)Nc1ccccc1SCC(N)=O. The molecule has 1 rings (SSSR count). The lowest BCUT2D eigenvalue weighted by Gasteiger charge is -2.12. The Morgan fingerprint density at radius 3 is 2.68 bits per heavy atom. The summed E-state index contributed by atoms with van der Waals surface area (Å²) < 4.78 is 0. The lowest BCUT2D eigenvalue weighted by Crippen LogP contribution is -2.26. The maximum absolute atomic E-state index is 11.8. The van der Waals surface area contributed by atoms with Gasteiger partial charge in [-0.25, -0.2) is 0 Å². The zero-order valence-corrected chi connectivity index (χ0v) is 11.7. The molecule has 0 saturated heterocycles. The molecule has 0 fully saturated rings. The number of thioether (sulfide) groups is 1. The van der Waals surface area contributed by atoms with Gasteiger partial charge in [0.1, 0.15) is 0 Å².